The summed E-state index contributed by atoms with van der Waals surface area (Å²) in [5.74, 6) is -0.217. The highest BCUT2D eigenvalue weighted by atomic mass is 16.5. The van der Waals surface area contributed by atoms with Gasteiger partial charge in [0.25, 0.3) is 0 Å². The zero-order chi connectivity index (χ0) is 13.3. The zero-order valence-electron chi connectivity index (χ0n) is 11.4. The second kappa shape index (κ2) is 4.94. The molecule has 2 N–H and O–H groups in total. The highest BCUT2D eigenvalue weighted by molar-refractivity contribution is 5.66. The number of rotatable bonds is 4. The van der Waals surface area contributed by atoms with Crippen molar-refractivity contribution >= 4 is 5.97 Å². The number of nitrogens with zero attached hydrogens (tertiary/aromatic N) is 1. The second-order valence-electron chi connectivity index (χ2n) is 6.50. The fourth-order valence-corrected chi connectivity index (χ4v) is 3.22. The third-order valence-electron chi connectivity index (χ3n) is 3.73. The van der Waals surface area contributed by atoms with Crippen LogP contribution in [0, 0.1) is 5.92 Å². The van der Waals surface area contributed by atoms with Gasteiger partial charge in [-0.3, -0.25) is 4.79 Å². The minimum absolute atomic E-state index is 0.227. The van der Waals surface area contributed by atoms with Crippen LogP contribution in [0.5, 0.6) is 0 Å². The molecule has 0 aromatic heterocycles. The first kappa shape index (κ1) is 14.5. The lowest BCUT2D eigenvalue weighted by molar-refractivity contribution is -0.251. The van der Waals surface area contributed by atoms with Crippen molar-refractivity contribution in [1.29, 1.82) is 0 Å². The van der Waals surface area contributed by atoms with Crippen molar-refractivity contribution in [3.63, 3.8) is 0 Å². The van der Waals surface area contributed by atoms with Gasteiger partial charge in [-0.1, -0.05) is 0 Å². The van der Waals surface area contributed by atoms with E-state index in [9.17, 15) is 10.0 Å². The molecular formula is C13H25NO3. The lowest BCUT2D eigenvalue weighted by Gasteiger charge is -2.51. The maximum Gasteiger partial charge on any atom is 0.303 e. The quantitative estimate of drug-likeness (QED) is 0.797. The van der Waals surface area contributed by atoms with Crippen LogP contribution >= 0.6 is 0 Å². The van der Waals surface area contributed by atoms with Crippen LogP contribution in [0.3, 0.4) is 0 Å². The SMILES string of the molecule is CC1(C)CC(CCCC(=O)O)CC(C)(C)N1O. The Labute approximate surface area is 104 Å². The molecule has 1 heterocycles. The molecular weight excluding hydrogens is 218 g/mol. The van der Waals surface area contributed by atoms with Crippen LogP contribution in [0.15, 0.2) is 0 Å². The van der Waals surface area contributed by atoms with Gasteiger partial charge in [0.15, 0.2) is 0 Å². The van der Waals surface area contributed by atoms with E-state index in [0.717, 1.165) is 25.7 Å². The molecule has 1 saturated heterocycles. The zero-order valence-corrected chi connectivity index (χ0v) is 11.4. The number of hydrogen-bond donors (Lipinski definition) is 2. The minimum atomic E-state index is -0.719. The Kier molecular flexibility index (Phi) is 4.20. The molecule has 1 fully saturated rings. The van der Waals surface area contributed by atoms with E-state index in [1.165, 1.54) is 5.06 Å². The van der Waals surface area contributed by atoms with Gasteiger partial charge >= 0.3 is 5.97 Å². The van der Waals surface area contributed by atoms with Crippen LogP contribution in [-0.4, -0.2) is 32.4 Å². The molecule has 0 bridgehead atoms. The normalized spacial score (nSPS) is 24.8. The Balaban J connectivity index is 2.56. The fourth-order valence-electron chi connectivity index (χ4n) is 3.22. The van der Waals surface area contributed by atoms with Gasteiger partial charge in [-0.15, -0.1) is 0 Å². The third kappa shape index (κ3) is 3.68. The molecule has 4 heteroatoms. The van der Waals surface area contributed by atoms with E-state index in [0.29, 0.717) is 5.92 Å². The summed E-state index contributed by atoms with van der Waals surface area (Å²) >= 11 is 0. The van der Waals surface area contributed by atoms with Crippen LogP contribution < -0.4 is 0 Å². The summed E-state index contributed by atoms with van der Waals surface area (Å²) < 4.78 is 0. The van der Waals surface area contributed by atoms with Gasteiger partial charge in [0.05, 0.1) is 0 Å². The lowest BCUT2D eigenvalue weighted by atomic mass is 9.73. The first-order chi connectivity index (χ1) is 7.65. The van der Waals surface area contributed by atoms with Crippen molar-refractivity contribution in [2.45, 2.75) is 70.9 Å². The third-order valence-corrected chi connectivity index (χ3v) is 3.73. The Morgan fingerprint density at radius 3 is 2.12 bits per heavy atom. The van der Waals surface area contributed by atoms with Crippen LogP contribution in [0.2, 0.25) is 0 Å². The first-order valence-electron chi connectivity index (χ1n) is 6.36. The van der Waals surface area contributed by atoms with E-state index in [1.807, 2.05) is 27.7 Å². The first-order valence-corrected chi connectivity index (χ1v) is 6.36. The largest absolute Gasteiger partial charge is 0.481 e. The highest BCUT2D eigenvalue weighted by Gasteiger charge is 2.44. The monoisotopic (exact) mass is 243 g/mol. The maximum absolute atomic E-state index is 10.5. The number of carbonyl (C=O) groups is 1. The molecule has 1 rings (SSSR count). The van der Waals surface area contributed by atoms with E-state index in [1.54, 1.807) is 0 Å². The highest BCUT2D eigenvalue weighted by Crippen LogP contribution is 2.41. The number of hydroxylamine groups is 2. The van der Waals surface area contributed by atoms with E-state index in [2.05, 4.69) is 0 Å². The number of carboxylic acid groups (broad SMARTS) is 1. The standard InChI is InChI=1S/C13H25NO3/c1-12(2)8-10(6-5-7-11(15)16)9-13(3,4)14(12)17/h10,17H,5-9H2,1-4H3,(H,15,16). The molecule has 0 aromatic rings. The second-order valence-corrected chi connectivity index (χ2v) is 6.50. The summed E-state index contributed by atoms with van der Waals surface area (Å²) in [6.45, 7) is 8.16. The van der Waals surface area contributed by atoms with E-state index in [4.69, 9.17) is 5.11 Å². The van der Waals surface area contributed by atoms with Crippen LogP contribution in [-0.2, 0) is 4.79 Å². The van der Waals surface area contributed by atoms with Crippen molar-refractivity contribution in [1.82, 2.24) is 5.06 Å². The molecule has 0 radical (unpaired) electrons. The predicted octanol–water partition coefficient (Wildman–Crippen LogP) is 2.90. The molecule has 0 aliphatic carbocycles. The van der Waals surface area contributed by atoms with E-state index >= 15 is 0 Å². The van der Waals surface area contributed by atoms with Gasteiger partial charge in [0, 0.05) is 17.5 Å². The Bertz CT molecular complexity index is 268. The lowest BCUT2D eigenvalue weighted by Crippen LogP contribution is -2.58. The Morgan fingerprint density at radius 2 is 1.71 bits per heavy atom. The van der Waals surface area contributed by atoms with Crippen molar-refractivity contribution in [2.75, 3.05) is 0 Å². The summed E-state index contributed by atoms with van der Waals surface area (Å²) in [6, 6.07) is 0. The molecule has 100 valence electrons. The molecule has 1 aliphatic rings. The topological polar surface area (TPSA) is 60.8 Å². The van der Waals surface area contributed by atoms with Crippen molar-refractivity contribution < 1.29 is 15.1 Å². The number of piperidine rings is 1. The molecule has 17 heavy (non-hydrogen) atoms. The molecule has 0 atom stereocenters. The summed E-state index contributed by atoms with van der Waals surface area (Å²) in [7, 11) is 0. The smallest absolute Gasteiger partial charge is 0.303 e. The average molecular weight is 243 g/mol. The number of aliphatic carboxylic acids is 1. The molecule has 1 aliphatic heterocycles. The number of hydrogen-bond acceptors (Lipinski definition) is 3. The van der Waals surface area contributed by atoms with Crippen molar-refractivity contribution in [3.8, 4) is 0 Å². The maximum atomic E-state index is 10.5. The van der Waals surface area contributed by atoms with Gasteiger partial charge in [0.2, 0.25) is 0 Å². The van der Waals surface area contributed by atoms with Gasteiger partial charge in [0.1, 0.15) is 0 Å². The molecule has 0 amide bonds. The molecule has 4 nitrogen and oxygen atoms in total. The Morgan fingerprint density at radius 1 is 1.24 bits per heavy atom. The summed E-state index contributed by atoms with van der Waals surface area (Å²) in [4.78, 5) is 10.5. The molecule has 0 spiro atoms. The molecule has 0 saturated carbocycles. The molecule has 0 aromatic carbocycles. The summed E-state index contributed by atoms with van der Waals surface area (Å²) in [6.07, 6.45) is 3.77. The predicted molar refractivity (Wildman–Crippen MR) is 66.0 cm³/mol. The van der Waals surface area contributed by atoms with E-state index < -0.39 is 5.97 Å². The van der Waals surface area contributed by atoms with Gasteiger partial charge in [-0.05, 0) is 59.3 Å². The van der Waals surface area contributed by atoms with E-state index in [-0.39, 0.29) is 17.5 Å². The summed E-state index contributed by atoms with van der Waals surface area (Å²) in [5.41, 5.74) is -0.453. The van der Waals surface area contributed by atoms with Gasteiger partial charge < -0.3 is 10.3 Å². The summed E-state index contributed by atoms with van der Waals surface area (Å²) in [5, 5.41) is 20.2. The van der Waals surface area contributed by atoms with Crippen LogP contribution in [0.1, 0.15) is 59.8 Å². The average Bonchev–Trinajstić information content (AvgIpc) is 2.12. The molecule has 0 unspecified atom stereocenters. The van der Waals surface area contributed by atoms with Crippen LogP contribution in [0.4, 0.5) is 0 Å². The van der Waals surface area contributed by atoms with Crippen molar-refractivity contribution in [2.24, 2.45) is 5.92 Å². The Hall–Kier alpha value is -0.610. The minimum Gasteiger partial charge on any atom is -0.481 e. The van der Waals surface area contributed by atoms with Gasteiger partial charge in [-0.25, -0.2) is 0 Å². The number of carboxylic acids is 1. The fraction of sp³-hybridized carbons (Fsp3) is 0.923. The van der Waals surface area contributed by atoms with Crippen molar-refractivity contribution in [3.05, 3.63) is 0 Å². The van der Waals surface area contributed by atoms with Crippen LogP contribution in [0.25, 0.3) is 0 Å². The van der Waals surface area contributed by atoms with Gasteiger partial charge in [-0.2, -0.15) is 5.06 Å².